The summed E-state index contributed by atoms with van der Waals surface area (Å²) in [6.07, 6.45) is -0.0693. The van der Waals surface area contributed by atoms with E-state index in [-0.39, 0.29) is 24.4 Å². The molecule has 2 aromatic carbocycles. The fraction of sp³-hybridized carbons (Fsp3) is 0.278. The molecule has 21 heavy (non-hydrogen) atoms. The van der Waals surface area contributed by atoms with Gasteiger partial charge in [0.1, 0.15) is 0 Å². The van der Waals surface area contributed by atoms with Gasteiger partial charge < -0.3 is 9.84 Å². The van der Waals surface area contributed by atoms with E-state index in [1.807, 2.05) is 60.7 Å². The van der Waals surface area contributed by atoms with Crippen molar-refractivity contribution in [1.82, 2.24) is 0 Å². The maximum atomic E-state index is 12.0. The van der Waals surface area contributed by atoms with Crippen LogP contribution in [0.25, 0.3) is 0 Å². The highest BCUT2D eigenvalue weighted by Crippen LogP contribution is 2.35. The van der Waals surface area contributed by atoms with Crippen LogP contribution in [0, 0.1) is 11.8 Å². The predicted molar refractivity (Wildman–Crippen MR) is 79.5 cm³/mol. The van der Waals surface area contributed by atoms with Gasteiger partial charge in [-0.2, -0.15) is 0 Å². The molecule has 0 radical (unpaired) electrons. The van der Waals surface area contributed by atoms with Gasteiger partial charge in [-0.25, -0.2) is 0 Å². The number of benzene rings is 2. The van der Waals surface area contributed by atoms with Crippen molar-refractivity contribution in [3.63, 3.8) is 0 Å². The van der Waals surface area contributed by atoms with Gasteiger partial charge in [-0.15, -0.1) is 0 Å². The van der Waals surface area contributed by atoms with Crippen molar-refractivity contribution in [2.24, 2.45) is 11.8 Å². The molecule has 0 spiro atoms. The molecule has 1 heterocycles. The Bertz CT molecular complexity index is 594. The Morgan fingerprint density at radius 1 is 1.05 bits per heavy atom. The molecular weight excluding hydrogens is 264 g/mol. The molecule has 1 aliphatic rings. The third-order valence-corrected chi connectivity index (χ3v) is 4.08. The van der Waals surface area contributed by atoms with Crippen molar-refractivity contribution < 1.29 is 14.6 Å². The monoisotopic (exact) mass is 282 g/mol. The highest BCUT2D eigenvalue weighted by Gasteiger charge is 2.41. The first kappa shape index (κ1) is 13.8. The van der Waals surface area contributed by atoms with Crippen LogP contribution >= 0.6 is 0 Å². The van der Waals surface area contributed by atoms with Crippen molar-refractivity contribution in [2.45, 2.75) is 12.5 Å². The molecule has 108 valence electrons. The summed E-state index contributed by atoms with van der Waals surface area (Å²) in [5.41, 5.74) is 1.92. The van der Waals surface area contributed by atoms with Gasteiger partial charge in [0.05, 0.1) is 18.6 Å². The third kappa shape index (κ3) is 2.98. The van der Waals surface area contributed by atoms with Crippen LogP contribution in [0.1, 0.15) is 17.2 Å². The van der Waals surface area contributed by atoms with Gasteiger partial charge in [-0.1, -0.05) is 60.7 Å². The number of ether oxygens (including phenoxy) is 1. The second kappa shape index (κ2) is 6.10. The number of esters is 1. The number of aliphatic hydroxyl groups excluding tert-OH is 1. The van der Waals surface area contributed by atoms with E-state index in [0.29, 0.717) is 6.42 Å². The number of aliphatic hydroxyl groups is 1. The smallest absolute Gasteiger partial charge is 0.309 e. The number of cyclic esters (lactones) is 1. The minimum Gasteiger partial charge on any atom is -0.465 e. The molecule has 0 aromatic heterocycles. The summed E-state index contributed by atoms with van der Waals surface area (Å²) < 4.78 is 5.19. The van der Waals surface area contributed by atoms with Crippen LogP contribution in [0.15, 0.2) is 60.7 Å². The van der Waals surface area contributed by atoms with Crippen molar-refractivity contribution in [2.75, 3.05) is 6.61 Å². The van der Waals surface area contributed by atoms with E-state index in [4.69, 9.17) is 4.74 Å². The van der Waals surface area contributed by atoms with E-state index >= 15 is 0 Å². The fourth-order valence-electron chi connectivity index (χ4n) is 2.89. The molecule has 3 rings (SSSR count). The second-order valence-electron chi connectivity index (χ2n) is 5.45. The Kier molecular flexibility index (Phi) is 4.02. The van der Waals surface area contributed by atoms with Gasteiger partial charge in [0.25, 0.3) is 0 Å². The summed E-state index contributed by atoms with van der Waals surface area (Å²) in [6, 6.07) is 19.3. The molecule has 3 heteroatoms. The molecule has 1 N–H and O–H groups in total. The normalized spacial score (nSPS) is 22.8. The molecule has 0 bridgehead atoms. The molecular formula is C18H18O3. The molecule has 3 nitrogen and oxygen atoms in total. The Morgan fingerprint density at radius 3 is 2.33 bits per heavy atom. The van der Waals surface area contributed by atoms with Crippen LogP contribution in [-0.4, -0.2) is 17.7 Å². The number of rotatable bonds is 4. The molecule has 0 aliphatic carbocycles. The Hall–Kier alpha value is -2.13. The average molecular weight is 282 g/mol. The fourth-order valence-corrected chi connectivity index (χ4v) is 2.89. The van der Waals surface area contributed by atoms with Crippen LogP contribution in [0.5, 0.6) is 0 Å². The van der Waals surface area contributed by atoms with Crippen molar-refractivity contribution in [3.8, 4) is 0 Å². The number of carbonyl (C=O) groups excluding carboxylic acids is 1. The van der Waals surface area contributed by atoms with Crippen molar-refractivity contribution in [3.05, 3.63) is 71.8 Å². The van der Waals surface area contributed by atoms with Crippen molar-refractivity contribution in [1.29, 1.82) is 0 Å². The quantitative estimate of drug-likeness (QED) is 0.877. The van der Waals surface area contributed by atoms with Crippen LogP contribution in [0.2, 0.25) is 0 Å². The first-order chi connectivity index (χ1) is 10.3. The molecule has 1 fully saturated rings. The van der Waals surface area contributed by atoms with E-state index in [0.717, 1.165) is 11.1 Å². The lowest BCUT2D eigenvalue weighted by Crippen LogP contribution is -2.24. The Labute approximate surface area is 124 Å². The highest BCUT2D eigenvalue weighted by molar-refractivity contribution is 5.75. The zero-order valence-electron chi connectivity index (χ0n) is 11.7. The van der Waals surface area contributed by atoms with Gasteiger partial charge in [0.15, 0.2) is 0 Å². The lowest BCUT2D eigenvalue weighted by atomic mass is 9.83. The maximum absolute atomic E-state index is 12.0. The summed E-state index contributed by atoms with van der Waals surface area (Å²) in [6.45, 7) is 0.284. The molecule has 1 saturated heterocycles. The highest BCUT2D eigenvalue weighted by atomic mass is 16.5. The molecule has 2 aromatic rings. The van der Waals surface area contributed by atoms with Crippen LogP contribution in [0.4, 0.5) is 0 Å². The molecule has 0 amide bonds. The Balaban J connectivity index is 1.79. The van der Waals surface area contributed by atoms with E-state index in [1.54, 1.807) is 0 Å². The summed E-state index contributed by atoms with van der Waals surface area (Å²) in [5.74, 6) is -0.693. The van der Waals surface area contributed by atoms with Crippen LogP contribution in [-0.2, 0) is 16.0 Å². The lowest BCUT2D eigenvalue weighted by molar-refractivity contribution is -0.141. The molecule has 3 atom stereocenters. The maximum Gasteiger partial charge on any atom is 0.309 e. The largest absolute Gasteiger partial charge is 0.465 e. The topological polar surface area (TPSA) is 46.5 Å². The first-order valence-corrected chi connectivity index (χ1v) is 7.19. The predicted octanol–water partition coefficient (Wildman–Crippen LogP) is 2.75. The zero-order chi connectivity index (χ0) is 14.7. The van der Waals surface area contributed by atoms with Gasteiger partial charge >= 0.3 is 5.97 Å². The summed E-state index contributed by atoms with van der Waals surface area (Å²) in [5, 5.41) is 10.6. The van der Waals surface area contributed by atoms with Gasteiger partial charge in [0.2, 0.25) is 0 Å². The van der Waals surface area contributed by atoms with Crippen molar-refractivity contribution >= 4 is 5.97 Å². The second-order valence-corrected chi connectivity index (χ2v) is 5.45. The van der Waals surface area contributed by atoms with E-state index in [9.17, 15) is 9.90 Å². The third-order valence-electron chi connectivity index (χ3n) is 4.08. The number of carbonyl (C=O) groups is 1. The standard InChI is InChI=1S/C18H18O3/c19-17(14-9-5-2-6-10-14)16-12-21-18(20)15(16)11-13-7-3-1-4-8-13/h1-10,15-17,19H,11-12H2/t15-,16+,17+/m0/s1. The minimum atomic E-state index is -0.675. The zero-order valence-corrected chi connectivity index (χ0v) is 11.7. The molecule has 0 saturated carbocycles. The summed E-state index contributed by atoms with van der Waals surface area (Å²) in [4.78, 5) is 12.0. The van der Waals surface area contributed by atoms with Gasteiger partial charge in [-0.05, 0) is 17.5 Å². The Morgan fingerprint density at radius 2 is 1.67 bits per heavy atom. The van der Waals surface area contributed by atoms with E-state index in [2.05, 4.69) is 0 Å². The van der Waals surface area contributed by atoms with E-state index in [1.165, 1.54) is 0 Å². The van der Waals surface area contributed by atoms with Gasteiger partial charge in [0, 0.05) is 5.92 Å². The van der Waals surface area contributed by atoms with E-state index < -0.39 is 6.10 Å². The number of hydrogen-bond donors (Lipinski definition) is 1. The summed E-state index contributed by atoms with van der Waals surface area (Å²) in [7, 11) is 0. The molecule has 0 unspecified atom stereocenters. The first-order valence-electron chi connectivity index (χ1n) is 7.19. The lowest BCUT2D eigenvalue weighted by Gasteiger charge is -2.21. The number of hydrogen-bond acceptors (Lipinski definition) is 3. The van der Waals surface area contributed by atoms with Gasteiger partial charge in [-0.3, -0.25) is 4.79 Å². The average Bonchev–Trinajstić information content (AvgIpc) is 2.90. The van der Waals surface area contributed by atoms with Crippen LogP contribution in [0.3, 0.4) is 0 Å². The minimum absolute atomic E-state index is 0.194. The summed E-state index contributed by atoms with van der Waals surface area (Å²) >= 11 is 0. The van der Waals surface area contributed by atoms with Crippen LogP contribution < -0.4 is 0 Å². The molecule has 1 aliphatic heterocycles. The SMILES string of the molecule is O=C1OC[C@@H]([C@H](O)c2ccccc2)[C@@H]1Cc1ccccc1.